The number of fused-ring (bicyclic) bond motifs is 2. The van der Waals surface area contributed by atoms with Gasteiger partial charge in [0.15, 0.2) is 5.49 Å². The van der Waals surface area contributed by atoms with E-state index in [0.717, 1.165) is 48.0 Å². The topological polar surface area (TPSA) is 53.4 Å². The standard InChI is InChI=1S/C22H22N4O/c27-22-19-18-14-8-3-9-15-25(18)21(16-10-4-1-5-11-16)23-20(19)24-26(22)17-12-6-2-7-13-17/h1-2,4-7,10-13,21H,3,8-9,14-15H2,(H,23,24)/t21-/m1/s1. The largest absolute Gasteiger partial charge is 0.349 e. The highest BCUT2D eigenvalue weighted by Gasteiger charge is 2.29. The lowest BCUT2D eigenvalue weighted by Crippen LogP contribution is -2.46. The number of para-hydroxylation sites is 1. The lowest BCUT2D eigenvalue weighted by molar-refractivity contribution is 0.289. The molecule has 0 bridgehead atoms. The minimum absolute atomic E-state index is 0.00615. The Morgan fingerprint density at radius 1 is 0.926 bits per heavy atom. The molecular formula is C22H22N4O. The molecule has 27 heavy (non-hydrogen) atoms. The van der Waals surface area contributed by atoms with Gasteiger partial charge in [-0.3, -0.25) is 9.89 Å². The fourth-order valence-corrected chi connectivity index (χ4v) is 4.18. The Hall–Kier alpha value is -3.08. The quantitative estimate of drug-likeness (QED) is 0.765. The smallest absolute Gasteiger partial charge is 0.282 e. The van der Waals surface area contributed by atoms with Gasteiger partial charge in [-0.2, -0.15) is 0 Å². The van der Waals surface area contributed by atoms with Gasteiger partial charge in [-0.25, -0.2) is 9.67 Å². The van der Waals surface area contributed by atoms with Gasteiger partial charge in [-0.1, -0.05) is 55.0 Å². The van der Waals surface area contributed by atoms with Crippen molar-refractivity contribution in [1.82, 2.24) is 14.7 Å². The molecule has 3 heterocycles. The molecule has 0 aliphatic carbocycles. The van der Waals surface area contributed by atoms with Crippen molar-refractivity contribution >= 4 is 5.70 Å². The minimum Gasteiger partial charge on any atom is -0.349 e. The van der Waals surface area contributed by atoms with Crippen LogP contribution in [0.2, 0.25) is 0 Å². The first kappa shape index (κ1) is 16.1. The maximum Gasteiger partial charge on any atom is 0.282 e. The number of H-pyrrole nitrogens is 1. The van der Waals surface area contributed by atoms with E-state index in [1.807, 2.05) is 36.4 Å². The molecule has 0 unspecified atom stereocenters. The first-order valence-electron chi connectivity index (χ1n) is 9.62. The van der Waals surface area contributed by atoms with Crippen LogP contribution in [0.1, 0.15) is 37.4 Å². The van der Waals surface area contributed by atoms with Crippen LogP contribution in [-0.2, 0) is 0 Å². The maximum atomic E-state index is 13.2. The second-order valence-electron chi connectivity index (χ2n) is 7.18. The van der Waals surface area contributed by atoms with Crippen molar-refractivity contribution in [1.29, 1.82) is 0 Å². The molecule has 1 N–H and O–H groups in total. The van der Waals surface area contributed by atoms with E-state index in [1.165, 1.54) is 6.42 Å². The Morgan fingerprint density at radius 2 is 1.67 bits per heavy atom. The second-order valence-corrected chi connectivity index (χ2v) is 7.18. The van der Waals surface area contributed by atoms with Crippen LogP contribution >= 0.6 is 0 Å². The van der Waals surface area contributed by atoms with E-state index >= 15 is 0 Å². The first-order valence-corrected chi connectivity index (χ1v) is 9.62. The number of aromatic amines is 1. The molecule has 0 radical (unpaired) electrons. The summed E-state index contributed by atoms with van der Waals surface area (Å²) in [6.45, 7) is 0.938. The summed E-state index contributed by atoms with van der Waals surface area (Å²) in [5.74, 6) is 0. The normalized spacial score (nSPS) is 19.0. The highest BCUT2D eigenvalue weighted by molar-refractivity contribution is 5.46. The summed E-state index contributed by atoms with van der Waals surface area (Å²) in [4.78, 5) is 20.6. The molecule has 5 heteroatoms. The van der Waals surface area contributed by atoms with E-state index in [9.17, 15) is 4.79 Å². The third kappa shape index (κ3) is 2.70. The molecule has 136 valence electrons. The van der Waals surface area contributed by atoms with Crippen LogP contribution in [0.15, 0.2) is 70.5 Å². The van der Waals surface area contributed by atoms with Crippen molar-refractivity contribution in [2.45, 2.75) is 31.8 Å². The molecular weight excluding hydrogens is 336 g/mol. The molecule has 2 aliphatic heterocycles. The Labute approximate surface area is 157 Å². The molecule has 2 aliphatic rings. The van der Waals surface area contributed by atoms with Gasteiger partial charge in [-0.05, 0) is 37.0 Å². The van der Waals surface area contributed by atoms with Crippen molar-refractivity contribution in [3.8, 4) is 5.69 Å². The Balaban J connectivity index is 1.77. The molecule has 1 atom stereocenters. The van der Waals surface area contributed by atoms with E-state index in [-0.39, 0.29) is 11.7 Å². The zero-order valence-corrected chi connectivity index (χ0v) is 15.1. The molecule has 0 saturated carbocycles. The number of nitrogens with zero attached hydrogens (tertiary/aromatic N) is 3. The predicted molar refractivity (Wildman–Crippen MR) is 105 cm³/mol. The van der Waals surface area contributed by atoms with E-state index in [4.69, 9.17) is 4.99 Å². The molecule has 5 nitrogen and oxygen atoms in total. The molecule has 3 aromatic rings. The molecule has 0 spiro atoms. The summed E-state index contributed by atoms with van der Waals surface area (Å²) in [7, 11) is 0. The molecule has 1 aromatic heterocycles. The summed E-state index contributed by atoms with van der Waals surface area (Å²) < 4.78 is 1.62. The van der Waals surface area contributed by atoms with Crippen LogP contribution in [0.5, 0.6) is 0 Å². The van der Waals surface area contributed by atoms with E-state index < -0.39 is 0 Å². The number of rotatable bonds is 2. The number of hydrogen-bond donors (Lipinski definition) is 1. The predicted octanol–water partition coefficient (Wildman–Crippen LogP) is 2.48. The lowest BCUT2D eigenvalue weighted by atomic mass is 10.1. The number of hydrogen-bond acceptors (Lipinski definition) is 3. The average Bonchev–Trinajstić information content (AvgIpc) is 2.89. The van der Waals surface area contributed by atoms with Crippen LogP contribution in [0, 0.1) is 0 Å². The van der Waals surface area contributed by atoms with Gasteiger partial charge in [0.1, 0.15) is 11.4 Å². The van der Waals surface area contributed by atoms with Gasteiger partial charge in [0.25, 0.3) is 5.56 Å². The Kier molecular flexibility index (Phi) is 3.93. The van der Waals surface area contributed by atoms with Crippen molar-refractivity contribution in [3.05, 3.63) is 87.3 Å². The maximum absolute atomic E-state index is 13.2. The molecule has 1 saturated heterocycles. The fraction of sp³-hybridized carbons (Fsp3) is 0.273. The van der Waals surface area contributed by atoms with E-state index in [0.29, 0.717) is 5.49 Å². The lowest BCUT2D eigenvalue weighted by Gasteiger charge is -2.33. The van der Waals surface area contributed by atoms with Crippen molar-refractivity contribution < 1.29 is 0 Å². The van der Waals surface area contributed by atoms with Gasteiger partial charge in [0.05, 0.1) is 5.69 Å². The monoisotopic (exact) mass is 358 g/mol. The SMILES string of the molecule is O=c1c2c([nH]n1-c1ccccc1)=N[C@@H](c1ccccc1)N1CCCCCC=21. The zero-order valence-electron chi connectivity index (χ0n) is 15.1. The Morgan fingerprint density at radius 3 is 2.44 bits per heavy atom. The average molecular weight is 358 g/mol. The highest BCUT2D eigenvalue weighted by Crippen LogP contribution is 2.31. The van der Waals surface area contributed by atoms with Crippen LogP contribution in [-0.4, -0.2) is 21.2 Å². The van der Waals surface area contributed by atoms with Crippen molar-refractivity contribution in [2.24, 2.45) is 4.99 Å². The van der Waals surface area contributed by atoms with Crippen LogP contribution in [0.25, 0.3) is 11.4 Å². The highest BCUT2D eigenvalue weighted by atomic mass is 16.1. The van der Waals surface area contributed by atoms with Crippen LogP contribution in [0.4, 0.5) is 0 Å². The van der Waals surface area contributed by atoms with Crippen molar-refractivity contribution in [3.63, 3.8) is 0 Å². The van der Waals surface area contributed by atoms with Gasteiger partial charge in [0, 0.05) is 12.2 Å². The Bertz CT molecular complexity index is 1130. The second kappa shape index (κ2) is 6.58. The summed E-state index contributed by atoms with van der Waals surface area (Å²) in [5, 5.41) is 4.00. The summed E-state index contributed by atoms with van der Waals surface area (Å²) in [6.07, 6.45) is 4.29. The van der Waals surface area contributed by atoms with Gasteiger partial charge >= 0.3 is 0 Å². The molecule has 0 amide bonds. The number of aromatic nitrogens is 2. The third-order valence-corrected chi connectivity index (χ3v) is 5.48. The van der Waals surface area contributed by atoms with Gasteiger partial charge in [-0.15, -0.1) is 0 Å². The van der Waals surface area contributed by atoms with Gasteiger partial charge in [0.2, 0.25) is 0 Å². The van der Waals surface area contributed by atoms with Crippen LogP contribution in [0.3, 0.4) is 0 Å². The summed E-state index contributed by atoms with van der Waals surface area (Å²) >= 11 is 0. The third-order valence-electron chi connectivity index (χ3n) is 5.48. The van der Waals surface area contributed by atoms with Crippen molar-refractivity contribution in [2.75, 3.05) is 6.54 Å². The molecule has 5 rings (SSSR count). The van der Waals surface area contributed by atoms with Gasteiger partial charge < -0.3 is 4.90 Å². The number of nitrogens with one attached hydrogen (secondary N) is 1. The zero-order chi connectivity index (χ0) is 18.2. The molecule has 1 fully saturated rings. The number of benzene rings is 2. The summed E-state index contributed by atoms with van der Waals surface area (Å²) in [6, 6.07) is 20.1. The molecule has 2 aromatic carbocycles. The van der Waals surface area contributed by atoms with E-state index in [1.54, 1.807) is 4.68 Å². The summed E-state index contributed by atoms with van der Waals surface area (Å²) in [5.41, 5.74) is 3.83. The minimum atomic E-state index is -0.0749. The first-order chi connectivity index (χ1) is 13.3. The van der Waals surface area contributed by atoms with E-state index in [2.05, 4.69) is 34.3 Å². The fourth-order valence-electron chi connectivity index (χ4n) is 4.18. The van der Waals surface area contributed by atoms with Crippen LogP contribution < -0.4 is 16.3 Å².